The van der Waals surface area contributed by atoms with Gasteiger partial charge in [0.2, 0.25) is 11.8 Å². The van der Waals surface area contributed by atoms with Crippen molar-refractivity contribution >= 4 is 34.8 Å². The molecule has 0 aromatic heterocycles. The third kappa shape index (κ3) is 3.58. The monoisotopic (exact) mass is 414 g/mol. The molecule has 2 unspecified atom stereocenters. The first kappa shape index (κ1) is 19.4. The minimum atomic E-state index is -0.568. The number of rotatable bonds is 4. The smallest absolute Gasteiger partial charge is 0.275 e. The van der Waals surface area contributed by atoms with E-state index < -0.39 is 4.92 Å². The molecular formula is C21H19ClN2O5. The number of benzene rings is 2. The maximum atomic E-state index is 12.9. The number of carbonyl (C=O) groups excluding carboxylic acids is 2. The Kier molecular flexibility index (Phi) is 5.00. The van der Waals surface area contributed by atoms with Crippen molar-refractivity contribution in [2.45, 2.75) is 32.6 Å². The molecule has 1 saturated heterocycles. The first-order valence-corrected chi connectivity index (χ1v) is 9.84. The molecule has 4 rings (SSSR count). The molecule has 0 bridgehead atoms. The van der Waals surface area contributed by atoms with E-state index in [2.05, 4.69) is 0 Å². The van der Waals surface area contributed by atoms with E-state index in [-0.39, 0.29) is 40.8 Å². The summed E-state index contributed by atoms with van der Waals surface area (Å²) in [5.41, 5.74) is 0.715. The summed E-state index contributed by atoms with van der Waals surface area (Å²) in [4.78, 5) is 37.7. The van der Waals surface area contributed by atoms with Crippen LogP contribution in [0, 0.1) is 28.9 Å². The van der Waals surface area contributed by atoms with Gasteiger partial charge in [0.1, 0.15) is 11.5 Å². The second-order valence-corrected chi connectivity index (χ2v) is 7.87. The highest BCUT2D eigenvalue weighted by atomic mass is 35.5. The molecule has 0 radical (unpaired) electrons. The highest BCUT2D eigenvalue weighted by Gasteiger charge is 2.49. The van der Waals surface area contributed by atoms with Crippen LogP contribution in [-0.2, 0) is 9.59 Å². The van der Waals surface area contributed by atoms with E-state index in [1.807, 2.05) is 6.92 Å². The number of halogens is 1. The number of nitro benzene ring substituents is 1. The van der Waals surface area contributed by atoms with E-state index in [1.54, 1.807) is 18.2 Å². The summed E-state index contributed by atoms with van der Waals surface area (Å²) in [5.74, 6) is -0.614. The predicted molar refractivity (Wildman–Crippen MR) is 107 cm³/mol. The van der Waals surface area contributed by atoms with Crippen LogP contribution in [0.5, 0.6) is 11.5 Å². The Labute approximate surface area is 172 Å². The van der Waals surface area contributed by atoms with Crippen LogP contribution in [-0.4, -0.2) is 16.7 Å². The fourth-order valence-corrected chi connectivity index (χ4v) is 4.21. The SMILES string of the molecule is Cc1cc(Oc2cc(N3C(=O)C4CCCCC4C3=O)cc([N+](=O)[O-])c2)ccc1Cl. The van der Waals surface area contributed by atoms with Gasteiger partial charge in [-0.25, -0.2) is 4.90 Å². The number of carbonyl (C=O) groups is 2. The van der Waals surface area contributed by atoms with Crippen LogP contribution < -0.4 is 9.64 Å². The molecule has 2 aliphatic rings. The molecule has 8 heteroatoms. The number of aryl methyl sites for hydroxylation is 1. The van der Waals surface area contributed by atoms with Gasteiger partial charge in [-0.15, -0.1) is 0 Å². The zero-order chi connectivity index (χ0) is 20.7. The first-order chi connectivity index (χ1) is 13.8. The maximum Gasteiger partial charge on any atom is 0.275 e. The number of nitro groups is 1. The van der Waals surface area contributed by atoms with Gasteiger partial charge in [0, 0.05) is 17.2 Å². The van der Waals surface area contributed by atoms with Crippen molar-refractivity contribution in [1.82, 2.24) is 0 Å². The summed E-state index contributed by atoms with van der Waals surface area (Å²) in [6, 6.07) is 9.03. The number of imide groups is 1. The summed E-state index contributed by atoms with van der Waals surface area (Å²) in [7, 11) is 0. The minimum absolute atomic E-state index is 0.171. The van der Waals surface area contributed by atoms with Crippen LogP contribution in [0.4, 0.5) is 11.4 Å². The van der Waals surface area contributed by atoms with Gasteiger partial charge in [0.15, 0.2) is 0 Å². The van der Waals surface area contributed by atoms with Crippen molar-refractivity contribution in [2.75, 3.05) is 4.90 Å². The Balaban J connectivity index is 1.72. The van der Waals surface area contributed by atoms with Crippen molar-refractivity contribution in [3.05, 3.63) is 57.1 Å². The highest BCUT2D eigenvalue weighted by molar-refractivity contribution is 6.31. The molecule has 7 nitrogen and oxygen atoms in total. The first-order valence-electron chi connectivity index (χ1n) is 9.46. The third-order valence-electron chi connectivity index (χ3n) is 5.55. The molecule has 2 fully saturated rings. The molecule has 2 amide bonds. The molecule has 1 saturated carbocycles. The number of amides is 2. The summed E-state index contributed by atoms with van der Waals surface area (Å²) in [5, 5.41) is 12.0. The number of hydrogen-bond donors (Lipinski definition) is 0. The Bertz CT molecular complexity index is 998. The van der Waals surface area contributed by atoms with Crippen LogP contribution in [0.15, 0.2) is 36.4 Å². The predicted octanol–water partition coefficient (Wildman–Crippen LogP) is 5.03. The Hall–Kier alpha value is -2.93. The number of non-ortho nitro benzene ring substituents is 1. The van der Waals surface area contributed by atoms with Gasteiger partial charge in [0.25, 0.3) is 5.69 Å². The van der Waals surface area contributed by atoms with Crippen molar-refractivity contribution in [3.63, 3.8) is 0 Å². The van der Waals surface area contributed by atoms with Crippen LogP contribution in [0.2, 0.25) is 5.02 Å². The number of nitrogens with zero attached hydrogens (tertiary/aromatic N) is 2. The lowest BCUT2D eigenvalue weighted by Crippen LogP contribution is -2.30. The van der Waals surface area contributed by atoms with E-state index in [0.29, 0.717) is 23.6 Å². The van der Waals surface area contributed by atoms with Gasteiger partial charge in [-0.1, -0.05) is 24.4 Å². The lowest BCUT2D eigenvalue weighted by Gasteiger charge is -2.19. The average molecular weight is 415 g/mol. The number of hydrogen-bond acceptors (Lipinski definition) is 5. The normalized spacial score (nSPS) is 21.2. The molecule has 1 heterocycles. The summed E-state index contributed by atoms with van der Waals surface area (Å²) in [6.45, 7) is 1.82. The molecule has 29 heavy (non-hydrogen) atoms. The van der Waals surface area contributed by atoms with E-state index in [0.717, 1.165) is 23.3 Å². The molecule has 2 aromatic rings. The molecule has 2 atom stereocenters. The number of fused-ring (bicyclic) bond motifs is 1. The lowest BCUT2D eigenvalue weighted by molar-refractivity contribution is -0.384. The van der Waals surface area contributed by atoms with E-state index in [1.165, 1.54) is 18.2 Å². The van der Waals surface area contributed by atoms with Crippen molar-refractivity contribution in [3.8, 4) is 11.5 Å². The van der Waals surface area contributed by atoms with Crippen LogP contribution in [0.1, 0.15) is 31.2 Å². The lowest BCUT2D eigenvalue weighted by atomic mass is 9.81. The van der Waals surface area contributed by atoms with Gasteiger partial charge in [-0.2, -0.15) is 0 Å². The van der Waals surface area contributed by atoms with Gasteiger partial charge in [0.05, 0.1) is 28.5 Å². The van der Waals surface area contributed by atoms with Gasteiger partial charge in [-0.3, -0.25) is 19.7 Å². The van der Waals surface area contributed by atoms with Crippen LogP contribution in [0.25, 0.3) is 0 Å². The van der Waals surface area contributed by atoms with E-state index >= 15 is 0 Å². The largest absolute Gasteiger partial charge is 0.457 e. The van der Waals surface area contributed by atoms with Gasteiger partial charge in [-0.05, 0) is 43.5 Å². The second-order valence-electron chi connectivity index (χ2n) is 7.46. The minimum Gasteiger partial charge on any atom is -0.457 e. The van der Waals surface area contributed by atoms with Crippen molar-refractivity contribution < 1.29 is 19.2 Å². The third-order valence-corrected chi connectivity index (χ3v) is 5.98. The maximum absolute atomic E-state index is 12.9. The van der Waals surface area contributed by atoms with Crippen LogP contribution in [0.3, 0.4) is 0 Å². The van der Waals surface area contributed by atoms with Crippen molar-refractivity contribution in [1.29, 1.82) is 0 Å². The Morgan fingerprint density at radius 2 is 1.69 bits per heavy atom. The zero-order valence-electron chi connectivity index (χ0n) is 15.8. The topological polar surface area (TPSA) is 89.8 Å². The summed E-state index contributed by atoms with van der Waals surface area (Å²) < 4.78 is 5.78. The van der Waals surface area contributed by atoms with E-state index in [9.17, 15) is 19.7 Å². The quantitative estimate of drug-likeness (QED) is 0.397. The fraction of sp³-hybridized carbons (Fsp3) is 0.333. The van der Waals surface area contributed by atoms with Crippen molar-refractivity contribution in [2.24, 2.45) is 11.8 Å². The molecule has 150 valence electrons. The molecule has 0 spiro atoms. The average Bonchev–Trinajstić information content (AvgIpc) is 2.95. The Morgan fingerprint density at radius 1 is 1.03 bits per heavy atom. The summed E-state index contributed by atoms with van der Waals surface area (Å²) in [6.07, 6.45) is 3.17. The highest BCUT2D eigenvalue weighted by Crippen LogP contribution is 2.42. The zero-order valence-corrected chi connectivity index (χ0v) is 16.5. The van der Waals surface area contributed by atoms with Gasteiger partial charge >= 0.3 is 0 Å². The molecule has 1 aliphatic heterocycles. The molecule has 2 aromatic carbocycles. The van der Waals surface area contributed by atoms with Crippen LogP contribution >= 0.6 is 11.6 Å². The molecule has 1 aliphatic carbocycles. The fourth-order valence-electron chi connectivity index (χ4n) is 4.09. The summed E-state index contributed by atoms with van der Waals surface area (Å²) >= 11 is 6.03. The molecule has 0 N–H and O–H groups in total. The molecular weight excluding hydrogens is 396 g/mol. The second kappa shape index (κ2) is 7.48. The number of ether oxygens (including phenoxy) is 1. The standard InChI is InChI=1S/C21H19ClN2O5/c1-12-8-15(6-7-19(12)22)29-16-10-13(9-14(11-16)24(27)28)23-20(25)17-4-2-3-5-18(17)21(23)26/h6-11,17-18H,2-5H2,1H3. The van der Waals surface area contributed by atoms with E-state index in [4.69, 9.17) is 16.3 Å². The Morgan fingerprint density at radius 3 is 2.28 bits per heavy atom. The van der Waals surface area contributed by atoms with Gasteiger partial charge < -0.3 is 4.74 Å². The number of anilines is 1.